The van der Waals surface area contributed by atoms with E-state index >= 15 is 0 Å². The van der Waals surface area contributed by atoms with Crippen LogP contribution in [0.15, 0.2) is 108 Å². The zero-order chi connectivity index (χ0) is 22.5. The second-order valence-corrected chi connectivity index (χ2v) is 12.2. The van der Waals surface area contributed by atoms with Gasteiger partial charge in [0.1, 0.15) is 0 Å². The second kappa shape index (κ2) is 8.33. The molecule has 162 valence electrons. The molecular formula is C30H18S4. The van der Waals surface area contributed by atoms with Gasteiger partial charge in [0.2, 0.25) is 0 Å². The maximum Gasteiger partial charge on any atom is 0.0449 e. The van der Waals surface area contributed by atoms with Gasteiger partial charge >= 0.3 is 0 Å². The largest absolute Gasteiger partial charge is 0.143 e. The third-order valence-corrected chi connectivity index (χ3v) is 10.5. The van der Waals surface area contributed by atoms with Gasteiger partial charge in [0, 0.05) is 40.4 Å². The summed E-state index contributed by atoms with van der Waals surface area (Å²) in [7, 11) is 0. The molecule has 4 heterocycles. The van der Waals surface area contributed by atoms with E-state index in [4.69, 9.17) is 0 Å². The fourth-order valence-corrected chi connectivity index (χ4v) is 8.53. The Hall–Kier alpha value is -3.02. The lowest BCUT2D eigenvalue weighted by atomic mass is 9.90. The van der Waals surface area contributed by atoms with Crippen molar-refractivity contribution < 1.29 is 0 Å². The van der Waals surface area contributed by atoms with Crippen molar-refractivity contribution in [1.29, 1.82) is 0 Å². The van der Waals surface area contributed by atoms with E-state index in [9.17, 15) is 0 Å². The molecule has 3 aromatic carbocycles. The lowest BCUT2D eigenvalue weighted by molar-refractivity contribution is 1.75. The summed E-state index contributed by atoms with van der Waals surface area (Å²) in [6, 6.07) is 35.7. The molecule has 0 radical (unpaired) electrons. The molecule has 0 spiro atoms. The van der Waals surface area contributed by atoms with E-state index < -0.39 is 0 Å². The van der Waals surface area contributed by atoms with E-state index in [-0.39, 0.29) is 0 Å². The topological polar surface area (TPSA) is 0 Å². The van der Waals surface area contributed by atoms with E-state index in [0.29, 0.717) is 0 Å². The predicted molar refractivity (Wildman–Crippen MR) is 155 cm³/mol. The predicted octanol–water partition coefficient (Wildman–Crippen LogP) is 10.9. The third-order valence-electron chi connectivity index (χ3n) is 6.16. The Kier molecular flexibility index (Phi) is 4.99. The van der Waals surface area contributed by atoms with E-state index in [1.54, 1.807) is 22.7 Å². The highest BCUT2D eigenvalue weighted by Crippen LogP contribution is 2.48. The summed E-state index contributed by atoms with van der Waals surface area (Å²) >= 11 is 7.39. The van der Waals surface area contributed by atoms with Gasteiger partial charge < -0.3 is 0 Å². The molecule has 4 aromatic heterocycles. The van der Waals surface area contributed by atoms with E-state index in [1.807, 2.05) is 22.7 Å². The van der Waals surface area contributed by atoms with Gasteiger partial charge in [-0.2, -0.15) is 0 Å². The van der Waals surface area contributed by atoms with Crippen molar-refractivity contribution in [2.24, 2.45) is 0 Å². The highest BCUT2D eigenvalue weighted by atomic mass is 32.1. The van der Waals surface area contributed by atoms with Crippen LogP contribution in [0.1, 0.15) is 0 Å². The normalized spacial score (nSPS) is 11.5. The molecule has 0 amide bonds. The molecule has 0 bridgehead atoms. The average Bonchev–Trinajstić information content (AvgIpc) is 3.69. The minimum absolute atomic E-state index is 1.32. The van der Waals surface area contributed by atoms with Crippen molar-refractivity contribution in [3.63, 3.8) is 0 Å². The smallest absolute Gasteiger partial charge is 0.0449 e. The van der Waals surface area contributed by atoms with Gasteiger partial charge in [-0.05, 0) is 68.7 Å². The Morgan fingerprint density at radius 2 is 0.706 bits per heavy atom. The van der Waals surface area contributed by atoms with Gasteiger partial charge in [-0.25, -0.2) is 0 Å². The molecule has 0 saturated carbocycles. The first-order valence-corrected chi connectivity index (χ1v) is 14.5. The SMILES string of the molecule is c1csc(-c2ccc(-c3c4ccccc4c(-c4ccc(-c5cccs5)s4)c4ccccc34)s2)c1. The van der Waals surface area contributed by atoms with Crippen LogP contribution in [0.4, 0.5) is 0 Å². The highest BCUT2D eigenvalue weighted by molar-refractivity contribution is 7.24. The van der Waals surface area contributed by atoms with Crippen LogP contribution in [-0.2, 0) is 0 Å². The Bertz CT molecular complexity index is 1560. The number of rotatable bonds is 4. The summed E-state index contributed by atoms with van der Waals surface area (Å²) in [6.45, 7) is 0. The van der Waals surface area contributed by atoms with Crippen molar-refractivity contribution in [3.05, 3.63) is 108 Å². The molecule has 0 aliphatic heterocycles. The van der Waals surface area contributed by atoms with E-state index in [1.165, 1.54) is 61.9 Å². The van der Waals surface area contributed by atoms with Crippen LogP contribution in [0.25, 0.3) is 61.9 Å². The summed E-state index contributed by atoms with van der Waals surface area (Å²) in [5.41, 5.74) is 2.69. The highest BCUT2D eigenvalue weighted by Gasteiger charge is 2.19. The molecule has 0 saturated heterocycles. The molecule has 0 fully saturated rings. The molecule has 0 aliphatic rings. The molecule has 0 atom stereocenters. The molecular weight excluding hydrogens is 489 g/mol. The fourth-order valence-electron chi connectivity index (χ4n) is 4.71. The Morgan fingerprint density at radius 3 is 1.06 bits per heavy atom. The molecule has 7 rings (SSSR count). The molecule has 4 heteroatoms. The van der Waals surface area contributed by atoms with Gasteiger partial charge in [0.05, 0.1) is 0 Å². The van der Waals surface area contributed by atoms with Gasteiger partial charge in [-0.3, -0.25) is 0 Å². The van der Waals surface area contributed by atoms with Crippen molar-refractivity contribution in [2.75, 3.05) is 0 Å². The lowest BCUT2D eigenvalue weighted by Gasteiger charge is -2.15. The molecule has 0 aliphatic carbocycles. The third kappa shape index (κ3) is 3.29. The second-order valence-electron chi connectivity index (χ2n) is 8.12. The number of benzene rings is 3. The van der Waals surface area contributed by atoms with Gasteiger partial charge in [-0.15, -0.1) is 45.3 Å². The monoisotopic (exact) mass is 506 g/mol. The minimum atomic E-state index is 1.32. The maximum atomic E-state index is 2.30. The molecule has 0 N–H and O–H groups in total. The van der Waals surface area contributed by atoms with Crippen molar-refractivity contribution >= 4 is 66.9 Å². The summed E-state index contributed by atoms with van der Waals surface area (Å²) in [5, 5.41) is 9.59. The van der Waals surface area contributed by atoms with E-state index in [2.05, 4.69) is 108 Å². The Labute approximate surface area is 214 Å². The van der Waals surface area contributed by atoms with Crippen LogP contribution < -0.4 is 0 Å². The molecule has 0 nitrogen and oxygen atoms in total. The van der Waals surface area contributed by atoms with Crippen LogP contribution in [0.3, 0.4) is 0 Å². The van der Waals surface area contributed by atoms with E-state index in [0.717, 1.165) is 0 Å². The van der Waals surface area contributed by atoms with Crippen LogP contribution >= 0.6 is 45.3 Å². The van der Waals surface area contributed by atoms with Crippen molar-refractivity contribution in [1.82, 2.24) is 0 Å². The number of hydrogen-bond acceptors (Lipinski definition) is 4. The summed E-state index contributed by atoms with van der Waals surface area (Å²) in [6.07, 6.45) is 0. The van der Waals surface area contributed by atoms with Crippen molar-refractivity contribution in [2.45, 2.75) is 0 Å². The van der Waals surface area contributed by atoms with Gasteiger partial charge in [-0.1, -0.05) is 60.7 Å². The number of fused-ring (bicyclic) bond motifs is 2. The lowest BCUT2D eigenvalue weighted by Crippen LogP contribution is -1.87. The minimum Gasteiger partial charge on any atom is -0.143 e. The fraction of sp³-hybridized carbons (Fsp3) is 0. The first kappa shape index (κ1) is 20.4. The molecule has 7 aromatic rings. The summed E-state index contributed by atoms with van der Waals surface area (Å²) in [4.78, 5) is 7.99. The van der Waals surface area contributed by atoms with Gasteiger partial charge in [0.15, 0.2) is 0 Å². The Balaban J connectivity index is 1.51. The Morgan fingerprint density at radius 1 is 0.324 bits per heavy atom. The average molecular weight is 507 g/mol. The zero-order valence-corrected chi connectivity index (χ0v) is 21.3. The van der Waals surface area contributed by atoms with Crippen LogP contribution in [0.2, 0.25) is 0 Å². The van der Waals surface area contributed by atoms with Crippen LogP contribution in [0.5, 0.6) is 0 Å². The number of thiophene rings is 4. The number of hydrogen-bond donors (Lipinski definition) is 0. The summed E-state index contributed by atoms with van der Waals surface area (Å²) < 4.78 is 0. The maximum absolute atomic E-state index is 2.30. The van der Waals surface area contributed by atoms with Gasteiger partial charge in [0.25, 0.3) is 0 Å². The summed E-state index contributed by atoms with van der Waals surface area (Å²) in [5.74, 6) is 0. The first-order chi connectivity index (χ1) is 16.9. The standard InChI is InChI=1S/C30H18S4/c1-2-8-20-19(7-1)29(27-15-13-25(33-27)23-11-5-17-31-23)21-9-3-4-10-22(21)30(20)28-16-14-26(34-28)24-12-6-18-32-24/h1-18H. The molecule has 34 heavy (non-hydrogen) atoms. The van der Waals surface area contributed by atoms with Crippen molar-refractivity contribution in [3.8, 4) is 40.4 Å². The first-order valence-electron chi connectivity index (χ1n) is 11.1. The van der Waals surface area contributed by atoms with Crippen LogP contribution in [-0.4, -0.2) is 0 Å². The quantitative estimate of drug-likeness (QED) is 0.208. The molecule has 0 unspecified atom stereocenters. The zero-order valence-electron chi connectivity index (χ0n) is 18.0. The van der Waals surface area contributed by atoms with Crippen LogP contribution in [0, 0.1) is 0 Å².